The van der Waals surface area contributed by atoms with Gasteiger partial charge in [0, 0.05) is 22.6 Å². The fourth-order valence-electron chi connectivity index (χ4n) is 1.67. The molecule has 1 heterocycles. The molecule has 0 bridgehead atoms. The third-order valence-corrected chi connectivity index (χ3v) is 2.70. The van der Waals surface area contributed by atoms with E-state index in [9.17, 15) is 0 Å². The Balaban J connectivity index is 2.54. The van der Waals surface area contributed by atoms with Crippen LogP contribution >= 0.6 is 12.2 Å². The van der Waals surface area contributed by atoms with Crippen molar-refractivity contribution >= 4 is 12.2 Å². The lowest BCUT2D eigenvalue weighted by molar-refractivity contribution is 1.02. The summed E-state index contributed by atoms with van der Waals surface area (Å²) in [4.78, 5) is 0. The molecule has 0 unspecified atom stereocenters. The van der Waals surface area contributed by atoms with Crippen molar-refractivity contribution in [3.63, 3.8) is 0 Å². The molecule has 1 nitrogen and oxygen atoms in total. The highest BCUT2D eigenvalue weighted by Gasteiger charge is 1.98. The number of hydrogen-bond donors (Lipinski definition) is 0. The molecule has 0 spiro atoms. The van der Waals surface area contributed by atoms with Gasteiger partial charge in [-0.25, -0.2) is 0 Å². The van der Waals surface area contributed by atoms with Crippen LogP contribution in [0.4, 0.5) is 0 Å². The summed E-state index contributed by atoms with van der Waals surface area (Å²) < 4.78 is 2.96. The molecule has 0 atom stereocenters. The van der Waals surface area contributed by atoms with Crippen LogP contribution in [-0.2, 0) is 0 Å². The van der Waals surface area contributed by atoms with Crippen molar-refractivity contribution in [1.29, 1.82) is 0 Å². The predicted molar refractivity (Wildman–Crippen MR) is 66.1 cm³/mol. The van der Waals surface area contributed by atoms with Gasteiger partial charge in [-0.1, -0.05) is 29.9 Å². The molecule has 0 saturated heterocycles. The quantitative estimate of drug-likeness (QED) is 0.655. The second kappa shape index (κ2) is 3.99. The smallest absolute Gasteiger partial charge is 0.0478 e. The Labute approximate surface area is 95.0 Å². The van der Waals surface area contributed by atoms with E-state index in [1.54, 1.807) is 0 Å². The van der Waals surface area contributed by atoms with Gasteiger partial charge < -0.3 is 4.57 Å². The van der Waals surface area contributed by atoms with Crippen LogP contribution < -0.4 is 0 Å². The monoisotopic (exact) mass is 215 g/mol. The maximum absolute atomic E-state index is 5.06. The standard InChI is InChI=1S/C13H13NS/c1-10-3-4-13(11(2)9-10)14-7-5-12(15)6-8-14/h3-9H,1-2H3. The molecule has 2 rings (SSSR count). The topological polar surface area (TPSA) is 4.93 Å². The van der Waals surface area contributed by atoms with Crippen LogP contribution in [0.5, 0.6) is 0 Å². The van der Waals surface area contributed by atoms with Crippen LogP contribution in [0.1, 0.15) is 11.1 Å². The van der Waals surface area contributed by atoms with E-state index in [2.05, 4.69) is 36.6 Å². The number of pyridine rings is 1. The van der Waals surface area contributed by atoms with Crippen LogP contribution in [0.2, 0.25) is 0 Å². The lowest BCUT2D eigenvalue weighted by atomic mass is 10.1. The number of benzene rings is 1. The lowest BCUT2D eigenvalue weighted by Crippen LogP contribution is -1.96. The van der Waals surface area contributed by atoms with Gasteiger partial charge in [0.2, 0.25) is 0 Å². The molecule has 1 aromatic carbocycles. The zero-order valence-corrected chi connectivity index (χ0v) is 9.71. The van der Waals surface area contributed by atoms with E-state index in [0.29, 0.717) is 0 Å². The number of hydrogen-bond acceptors (Lipinski definition) is 1. The maximum Gasteiger partial charge on any atom is 0.0478 e. The Hall–Kier alpha value is -1.41. The minimum absolute atomic E-state index is 0.871. The SMILES string of the molecule is Cc1ccc(-n2ccc(=S)cc2)c(C)c1. The fraction of sp³-hybridized carbons (Fsp3) is 0.154. The summed E-state index contributed by atoms with van der Waals surface area (Å²) >= 11 is 5.06. The summed E-state index contributed by atoms with van der Waals surface area (Å²) in [6.07, 6.45) is 4.00. The first-order chi connectivity index (χ1) is 7.16. The van der Waals surface area contributed by atoms with Crippen LogP contribution in [0, 0.1) is 18.4 Å². The zero-order valence-electron chi connectivity index (χ0n) is 8.90. The molecule has 15 heavy (non-hydrogen) atoms. The number of nitrogens with zero attached hydrogens (tertiary/aromatic N) is 1. The average molecular weight is 215 g/mol. The molecular formula is C13H13NS. The average Bonchev–Trinajstić information content (AvgIpc) is 2.20. The van der Waals surface area contributed by atoms with Crippen molar-refractivity contribution in [1.82, 2.24) is 4.57 Å². The Bertz CT molecular complexity index is 520. The lowest BCUT2D eigenvalue weighted by Gasteiger charge is -2.10. The van der Waals surface area contributed by atoms with Crippen molar-refractivity contribution in [2.45, 2.75) is 13.8 Å². The molecule has 0 N–H and O–H groups in total. The van der Waals surface area contributed by atoms with Crippen molar-refractivity contribution < 1.29 is 0 Å². The van der Waals surface area contributed by atoms with Gasteiger partial charge in [-0.15, -0.1) is 0 Å². The van der Waals surface area contributed by atoms with Gasteiger partial charge in [0.05, 0.1) is 0 Å². The van der Waals surface area contributed by atoms with Gasteiger partial charge >= 0.3 is 0 Å². The van der Waals surface area contributed by atoms with Crippen molar-refractivity contribution in [2.24, 2.45) is 0 Å². The number of aryl methyl sites for hydroxylation is 2. The van der Waals surface area contributed by atoms with Crippen LogP contribution in [0.25, 0.3) is 5.69 Å². The van der Waals surface area contributed by atoms with Gasteiger partial charge in [-0.3, -0.25) is 0 Å². The first-order valence-corrected chi connectivity index (χ1v) is 5.33. The second-order valence-electron chi connectivity index (χ2n) is 3.73. The van der Waals surface area contributed by atoms with E-state index in [1.165, 1.54) is 16.8 Å². The Morgan fingerprint density at radius 1 is 1.00 bits per heavy atom. The molecule has 0 fully saturated rings. The predicted octanol–water partition coefficient (Wildman–Crippen LogP) is 3.82. The van der Waals surface area contributed by atoms with Gasteiger partial charge in [-0.2, -0.15) is 0 Å². The summed E-state index contributed by atoms with van der Waals surface area (Å²) in [7, 11) is 0. The summed E-state index contributed by atoms with van der Waals surface area (Å²) in [6, 6.07) is 10.3. The molecule has 0 aliphatic heterocycles. The van der Waals surface area contributed by atoms with Crippen molar-refractivity contribution in [3.8, 4) is 5.69 Å². The normalized spacial score (nSPS) is 10.3. The molecule has 0 aliphatic carbocycles. The second-order valence-corrected chi connectivity index (χ2v) is 4.20. The Morgan fingerprint density at radius 2 is 1.67 bits per heavy atom. The van der Waals surface area contributed by atoms with Crippen LogP contribution in [0.3, 0.4) is 0 Å². The fourth-order valence-corrected chi connectivity index (χ4v) is 1.79. The van der Waals surface area contributed by atoms with Gasteiger partial charge in [0.25, 0.3) is 0 Å². The molecule has 0 aliphatic rings. The van der Waals surface area contributed by atoms with Crippen molar-refractivity contribution in [3.05, 3.63) is 58.4 Å². The van der Waals surface area contributed by atoms with Crippen molar-refractivity contribution in [2.75, 3.05) is 0 Å². The first-order valence-electron chi connectivity index (χ1n) is 4.93. The highest BCUT2D eigenvalue weighted by atomic mass is 32.1. The van der Waals surface area contributed by atoms with E-state index in [-0.39, 0.29) is 0 Å². The van der Waals surface area contributed by atoms with E-state index >= 15 is 0 Å². The van der Waals surface area contributed by atoms with Gasteiger partial charge in [-0.05, 0) is 37.6 Å². The molecule has 2 heteroatoms. The first kappa shape index (κ1) is 10.1. The minimum atomic E-state index is 0.871. The largest absolute Gasteiger partial charge is 0.324 e. The molecule has 76 valence electrons. The highest BCUT2D eigenvalue weighted by molar-refractivity contribution is 7.71. The molecule has 0 radical (unpaired) electrons. The molecular weight excluding hydrogens is 202 g/mol. The Morgan fingerprint density at radius 3 is 2.27 bits per heavy atom. The molecule has 0 saturated carbocycles. The van der Waals surface area contributed by atoms with Gasteiger partial charge in [0.1, 0.15) is 0 Å². The third kappa shape index (κ3) is 2.16. The minimum Gasteiger partial charge on any atom is -0.324 e. The summed E-state index contributed by atoms with van der Waals surface area (Å²) in [6.45, 7) is 4.23. The Kier molecular flexibility index (Phi) is 2.69. The summed E-state index contributed by atoms with van der Waals surface area (Å²) in [5, 5.41) is 0. The molecule has 0 amide bonds. The van der Waals surface area contributed by atoms with E-state index in [1.807, 2.05) is 24.5 Å². The molecule has 1 aromatic heterocycles. The van der Waals surface area contributed by atoms with E-state index in [4.69, 9.17) is 12.2 Å². The van der Waals surface area contributed by atoms with Crippen LogP contribution in [-0.4, -0.2) is 4.57 Å². The van der Waals surface area contributed by atoms with Gasteiger partial charge in [0.15, 0.2) is 0 Å². The zero-order chi connectivity index (χ0) is 10.8. The van der Waals surface area contributed by atoms with E-state index in [0.717, 1.165) is 4.51 Å². The summed E-state index contributed by atoms with van der Waals surface area (Å²) in [5.74, 6) is 0. The third-order valence-electron chi connectivity index (χ3n) is 2.43. The maximum atomic E-state index is 5.06. The number of aromatic nitrogens is 1. The van der Waals surface area contributed by atoms with E-state index < -0.39 is 0 Å². The molecule has 2 aromatic rings. The van der Waals surface area contributed by atoms with Crippen LogP contribution in [0.15, 0.2) is 42.7 Å². The highest BCUT2D eigenvalue weighted by Crippen LogP contribution is 2.15. The summed E-state index contributed by atoms with van der Waals surface area (Å²) in [5.41, 5.74) is 3.77. The number of rotatable bonds is 1.